The molecule has 0 spiro atoms. The van der Waals surface area contributed by atoms with E-state index in [4.69, 9.17) is 9.47 Å². The molecule has 1 aliphatic heterocycles. The second-order valence-corrected chi connectivity index (χ2v) is 13.3. The molecule has 2 heterocycles. The van der Waals surface area contributed by atoms with Gasteiger partial charge >= 0.3 is 5.97 Å². The fourth-order valence-electron chi connectivity index (χ4n) is 5.71. The average molecular weight is 568 g/mol. The van der Waals surface area contributed by atoms with Gasteiger partial charge in [0.15, 0.2) is 0 Å². The van der Waals surface area contributed by atoms with Crippen LogP contribution in [-0.2, 0) is 20.7 Å². The van der Waals surface area contributed by atoms with Crippen LogP contribution in [0.4, 0.5) is 0 Å². The number of benzene rings is 1. The zero-order valence-electron chi connectivity index (χ0n) is 26.6. The van der Waals surface area contributed by atoms with Gasteiger partial charge in [0.1, 0.15) is 6.61 Å². The molecule has 230 valence electrons. The number of carbonyl (C=O) groups is 1. The summed E-state index contributed by atoms with van der Waals surface area (Å²) in [6, 6.07) is 6.41. The van der Waals surface area contributed by atoms with Gasteiger partial charge in [-0.3, -0.25) is 4.79 Å². The first-order valence-corrected chi connectivity index (χ1v) is 16.4. The number of H-pyrrole nitrogens is 1. The number of rotatable bonds is 21. The van der Waals surface area contributed by atoms with E-state index in [1.54, 1.807) is 13.8 Å². The predicted molar refractivity (Wildman–Crippen MR) is 170 cm³/mol. The third kappa shape index (κ3) is 11.6. The van der Waals surface area contributed by atoms with Crippen LogP contribution >= 0.6 is 0 Å². The summed E-state index contributed by atoms with van der Waals surface area (Å²) < 4.78 is 11.4. The number of carbonyl (C=O) groups excluding carboxylic acids is 1. The Kier molecular flexibility index (Phi) is 13.4. The third-order valence-corrected chi connectivity index (χ3v) is 8.65. The van der Waals surface area contributed by atoms with Crippen LogP contribution in [0.5, 0.6) is 0 Å². The SMILES string of the molecule is CCCCCCCC/C=C\CCCCCCCC(=O)OC[C@H](c1c[nH]c2cc(C[C@@H]3OC3(C)C)ccc12)C(C)(C)O. The summed E-state index contributed by atoms with van der Waals surface area (Å²) in [6.07, 6.45) is 24.3. The second-order valence-electron chi connectivity index (χ2n) is 13.3. The topological polar surface area (TPSA) is 74.9 Å². The van der Waals surface area contributed by atoms with E-state index in [2.05, 4.69) is 56.1 Å². The van der Waals surface area contributed by atoms with Crippen LogP contribution < -0.4 is 0 Å². The molecule has 0 aliphatic carbocycles. The van der Waals surface area contributed by atoms with E-state index < -0.39 is 5.60 Å². The number of aliphatic hydroxyl groups is 1. The van der Waals surface area contributed by atoms with Crippen molar-refractivity contribution in [1.29, 1.82) is 0 Å². The van der Waals surface area contributed by atoms with E-state index in [-0.39, 0.29) is 30.2 Å². The molecule has 1 fully saturated rings. The maximum Gasteiger partial charge on any atom is 0.305 e. The highest BCUT2D eigenvalue weighted by atomic mass is 16.6. The summed E-state index contributed by atoms with van der Waals surface area (Å²) in [5.41, 5.74) is 2.19. The van der Waals surface area contributed by atoms with Crippen molar-refractivity contribution < 1.29 is 19.4 Å². The van der Waals surface area contributed by atoms with E-state index in [9.17, 15) is 9.90 Å². The van der Waals surface area contributed by atoms with Crippen LogP contribution in [0.2, 0.25) is 0 Å². The van der Waals surface area contributed by atoms with Crippen molar-refractivity contribution >= 4 is 16.9 Å². The van der Waals surface area contributed by atoms with E-state index in [1.165, 1.54) is 69.8 Å². The number of hydrogen-bond acceptors (Lipinski definition) is 4. The number of aromatic nitrogens is 1. The van der Waals surface area contributed by atoms with Gasteiger partial charge < -0.3 is 19.6 Å². The molecule has 5 nitrogen and oxygen atoms in total. The minimum Gasteiger partial charge on any atom is -0.465 e. The van der Waals surface area contributed by atoms with E-state index in [0.29, 0.717) is 6.42 Å². The lowest BCUT2D eigenvalue weighted by Crippen LogP contribution is -2.33. The number of ether oxygens (including phenoxy) is 2. The van der Waals surface area contributed by atoms with Crippen LogP contribution in [0.15, 0.2) is 36.5 Å². The Labute approximate surface area is 249 Å². The van der Waals surface area contributed by atoms with Gasteiger partial charge in [-0.1, -0.05) is 82.6 Å². The maximum atomic E-state index is 12.5. The molecule has 2 aromatic rings. The lowest BCUT2D eigenvalue weighted by atomic mass is 9.85. The molecule has 5 heteroatoms. The molecule has 2 N–H and O–H groups in total. The van der Waals surface area contributed by atoms with Crippen molar-refractivity contribution in [3.8, 4) is 0 Å². The Morgan fingerprint density at radius 1 is 1.02 bits per heavy atom. The normalized spacial score (nSPS) is 17.4. The first-order chi connectivity index (χ1) is 19.6. The number of unbranched alkanes of at least 4 members (excludes halogenated alkanes) is 11. The Hall–Kier alpha value is -2.11. The quantitative estimate of drug-likeness (QED) is 0.0682. The first kappa shape index (κ1) is 33.4. The molecule has 0 saturated carbocycles. The van der Waals surface area contributed by atoms with E-state index in [0.717, 1.165) is 42.1 Å². The van der Waals surface area contributed by atoms with Crippen molar-refractivity contribution in [2.75, 3.05) is 6.61 Å². The molecule has 1 aliphatic rings. The van der Waals surface area contributed by atoms with Gasteiger partial charge in [-0.25, -0.2) is 0 Å². The van der Waals surface area contributed by atoms with Crippen LogP contribution in [0.3, 0.4) is 0 Å². The molecule has 1 saturated heterocycles. The van der Waals surface area contributed by atoms with Crippen molar-refractivity contribution in [1.82, 2.24) is 4.98 Å². The number of aromatic amines is 1. The molecular formula is C36H57NO4. The van der Waals surface area contributed by atoms with Gasteiger partial charge in [-0.15, -0.1) is 0 Å². The Balaban J connectivity index is 1.32. The molecule has 2 atom stereocenters. The number of epoxide rings is 1. The van der Waals surface area contributed by atoms with E-state index in [1.807, 2.05) is 6.20 Å². The molecule has 0 bridgehead atoms. The summed E-state index contributed by atoms with van der Waals surface area (Å²) in [5.74, 6) is -0.489. The Morgan fingerprint density at radius 3 is 2.24 bits per heavy atom. The molecule has 1 aromatic carbocycles. The number of fused-ring (bicyclic) bond motifs is 1. The lowest BCUT2D eigenvalue weighted by Gasteiger charge is -2.29. The monoisotopic (exact) mass is 567 g/mol. The van der Waals surface area contributed by atoms with Crippen LogP contribution in [-0.4, -0.2) is 40.0 Å². The first-order valence-electron chi connectivity index (χ1n) is 16.4. The molecule has 0 unspecified atom stereocenters. The van der Waals surface area contributed by atoms with Crippen molar-refractivity contribution in [2.24, 2.45) is 0 Å². The maximum absolute atomic E-state index is 12.5. The highest BCUT2D eigenvalue weighted by Gasteiger charge is 2.47. The minimum atomic E-state index is -1.02. The summed E-state index contributed by atoms with van der Waals surface area (Å²) in [6.45, 7) is 10.3. The Bertz CT molecular complexity index is 1080. The number of nitrogens with one attached hydrogen (secondary N) is 1. The zero-order chi connectivity index (χ0) is 29.7. The van der Waals surface area contributed by atoms with Crippen molar-refractivity contribution in [3.63, 3.8) is 0 Å². The summed E-state index contributed by atoms with van der Waals surface area (Å²) in [7, 11) is 0. The van der Waals surface area contributed by atoms with Gasteiger partial charge in [0.05, 0.1) is 17.3 Å². The van der Waals surface area contributed by atoms with Crippen LogP contribution in [0.25, 0.3) is 10.9 Å². The molecule has 0 radical (unpaired) electrons. The summed E-state index contributed by atoms with van der Waals surface area (Å²) >= 11 is 0. The molecular weight excluding hydrogens is 510 g/mol. The standard InChI is InChI=1S/C36H57NO4/c1-6-7-8-9-10-11-12-13-14-15-16-17-18-19-20-21-34(38)40-27-31(35(2,3)39)30-26-37-32-24-28(22-23-29(30)32)25-33-36(4,5)41-33/h13-14,22-24,26,31,33,37,39H,6-12,15-21,25,27H2,1-5H3/b14-13-/t31-,33+/m1/s1. The van der Waals surface area contributed by atoms with Gasteiger partial charge in [0.25, 0.3) is 0 Å². The third-order valence-electron chi connectivity index (χ3n) is 8.65. The summed E-state index contributed by atoms with van der Waals surface area (Å²) in [4.78, 5) is 15.9. The summed E-state index contributed by atoms with van der Waals surface area (Å²) in [5, 5.41) is 12.0. The smallest absolute Gasteiger partial charge is 0.305 e. The molecule has 41 heavy (non-hydrogen) atoms. The van der Waals surface area contributed by atoms with Gasteiger partial charge in [-0.2, -0.15) is 0 Å². The minimum absolute atomic E-state index is 0.0320. The largest absolute Gasteiger partial charge is 0.465 e. The number of esters is 1. The van der Waals surface area contributed by atoms with Gasteiger partial charge in [0.2, 0.25) is 0 Å². The number of allylic oxidation sites excluding steroid dienone is 2. The Morgan fingerprint density at radius 2 is 1.63 bits per heavy atom. The number of hydrogen-bond donors (Lipinski definition) is 2. The lowest BCUT2D eigenvalue weighted by molar-refractivity contribution is -0.145. The zero-order valence-corrected chi connectivity index (χ0v) is 26.6. The average Bonchev–Trinajstić information content (AvgIpc) is 3.31. The molecule has 3 rings (SSSR count). The highest BCUT2D eigenvalue weighted by Crippen LogP contribution is 2.39. The fraction of sp³-hybridized carbons (Fsp3) is 0.694. The molecule has 0 amide bonds. The fourth-order valence-corrected chi connectivity index (χ4v) is 5.71. The van der Waals surface area contributed by atoms with Crippen molar-refractivity contribution in [2.45, 2.75) is 154 Å². The predicted octanol–water partition coefficient (Wildman–Crippen LogP) is 9.32. The second kappa shape index (κ2) is 16.5. The highest BCUT2D eigenvalue weighted by molar-refractivity contribution is 5.84. The van der Waals surface area contributed by atoms with Gasteiger partial charge in [-0.05, 0) is 77.0 Å². The van der Waals surface area contributed by atoms with Crippen molar-refractivity contribution in [3.05, 3.63) is 47.7 Å². The van der Waals surface area contributed by atoms with Gasteiger partial charge in [0, 0.05) is 35.9 Å². The molecule has 1 aromatic heterocycles. The van der Waals surface area contributed by atoms with Crippen LogP contribution in [0.1, 0.15) is 142 Å². The van der Waals surface area contributed by atoms with Crippen LogP contribution in [0, 0.1) is 0 Å². The van der Waals surface area contributed by atoms with E-state index >= 15 is 0 Å².